The molecule has 0 spiro atoms. The van der Waals surface area contributed by atoms with Gasteiger partial charge >= 0.3 is 0 Å². The van der Waals surface area contributed by atoms with E-state index in [0.29, 0.717) is 17.1 Å². The van der Waals surface area contributed by atoms with E-state index in [1.165, 1.54) is 24.9 Å². The molecule has 0 saturated carbocycles. The van der Waals surface area contributed by atoms with Crippen LogP contribution >= 0.6 is 0 Å². The summed E-state index contributed by atoms with van der Waals surface area (Å²) in [6.07, 6.45) is 3.85. The molecule has 0 unspecified atom stereocenters. The number of benzene rings is 2. The summed E-state index contributed by atoms with van der Waals surface area (Å²) in [5, 5.41) is 2.95. The van der Waals surface area contributed by atoms with Gasteiger partial charge in [0.1, 0.15) is 0 Å². The zero-order chi connectivity index (χ0) is 19.2. The number of nitrogens with zero attached hydrogens (tertiary/aromatic N) is 1. The van der Waals surface area contributed by atoms with E-state index in [0.717, 1.165) is 18.8 Å². The Morgan fingerprint density at radius 1 is 1.00 bits per heavy atom. The summed E-state index contributed by atoms with van der Waals surface area (Å²) in [4.78, 5) is 15.0. The predicted molar refractivity (Wildman–Crippen MR) is 109 cm³/mol. The fourth-order valence-corrected chi connectivity index (χ4v) is 3.27. The van der Waals surface area contributed by atoms with Crippen LogP contribution in [0.15, 0.2) is 42.5 Å². The van der Waals surface area contributed by atoms with Crippen molar-refractivity contribution in [2.45, 2.75) is 39.2 Å². The summed E-state index contributed by atoms with van der Waals surface area (Å²) in [6.45, 7) is 6.12. The molecule has 1 aliphatic heterocycles. The van der Waals surface area contributed by atoms with E-state index in [-0.39, 0.29) is 12.0 Å². The molecule has 1 N–H and O–H groups in total. The maximum absolute atomic E-state index is 12.6. The van der Waals surface area contributed by atoms with Gasteiger partial charge in [-0.05, 0) is 75.6 Å². The van der Waals surface area contributed by atoms with Gasteiger partial charge < -0.3 is 19.7 Å². The van der Waals surface area contributed by atoms with Crippen LogP contribution in [0.25, 0.3) is 0 Å². The van der Waals surface area contributed by atoms with Gasteiger partial charge in [0.05, 0.1) is 13.2 Å². The SMILES string of the molecule is COc1cc(C(=O)Nc2ccc(N3CCCCC3)cc2)ccc1OC(C)C. The molecular formula is C22H28N2O3. The predicted octanol–water partition coefficient (Wildman–Crippen LogP) is 4.73. The maximum Gasteiger partial charge on any atom is 0.255 e. The average Bonchev–Trinajstić information content (AvgIpc) is 2.69. The minimum atomic E-state index is -0.171. The molecule has 1 fully saturated rings. The highest BCUT2D eigenvalue weighted by Crippen LogP contribution is 2.29. The van der Waals surface area contributed by atoms with Gasteiger partial charge in [0.15, 0.2) is 11.5 Å². The van der Waals surface area contributed by atoms with Gasteiger partial charge in [-0.25, -0.2) is 0 Å². The van der Waals surface area contributed by atoms with E-state index >= 15 is 0 Å². The number of amides is 1. The first-order chi connectivity index (χ1) is 13.1. The lowest BCUT2D eigenvalue weighted by atomic mass is 10.1. The molecule has 0 aromatic heterocycles. The Kier molecular flexibility index (Phi) is 6.22. The quantitative estimate of drug-likeness (QED) is 0.801. The van der Waals surface area contributed by atoms with Gasteiger partial charge in [-0.3, -0.25) is 4.79 Å². The molecule has 1 heterocycles. The normalized spacial score (nSPS) is 14.1. The van der Waals surface area contributed by atoms with Gasteiger partial charge in [-0.2, -0.15) is 0 Å². The lowest BCUT2D eigenvalue weighted by Crippen LogP contribution is -2.29. The molecule has 2 aromatic rings. The Balaban J connectivity index is 1.67. The number of anilines is 2. The summed E-state index contributed by atoms with van der Waals surface area (Å²) in [6, 6.07) is 13.3. The molecule has 1 aliphatic rings. The van der Waals surface area contributed by atoms with Crippen molar-refractivity contribution in [1.29, 1.82) is 0 Å². The molecule has 5 heteroatoms. The highest BCUT2D eigenvalue weighted by molar-refractivity contribution is 6.04. The van der Waals surface area contributed by atoms with Crippen LogP contribution in [-0.4, -0.2) is 32.2 Å². The monoisotopic (exact) mass is 368 g/mol. The number of carbonyl (C=O) groups is 1. The van der Waals surface area contributed by atoms with Crippen molar-refractivity contribution in [1.82, 2.24) is 0 Å². The van der Waals surface area contributed by atoms with Crippen LogP contribution in [0.5, 0.6) is 11.5 Å². The Morgan fingerprint density at radius 2 is 1.70 bits per heavy atom. The second kappa shape index (κ2) is 8.80. The molecule has 1 amide bonds. The molecule has 144 valence electrons. The Hall–Kier alpha value is -2.69. The van der Waals surface area contributed by atoms with Crippen LogP contribution in [0.4, 0.5) is 11.4 Å². The number of methoxy groups -OCH3 is 1. The van der Waals surface area contributed by atoms with Crippen molar-refractivity contribution < 1.29 is 14.3 Å². The summed E-state index contributed by atoms with van der Waals surface area (Å²) >= 11 is 0. The topological polar surface area (TPSA) is 50.8 Å². The molecule has 0 atom stereocenters. The third kappa shape index (κ3) is 4.94. The molecule has 0 bridgehead atoms. The van der Waals surface area contributed by atoms with Gasteiger partial charge in [0, 0.05) is 30.0 Å². The van der Waals surface area contributed by atoms with Crippen LogP contribution < -0.4 is 19.7 Å². The van der Waals surface area contributed by atoms with Crippen LogP contribution in [0.1, 0.15) is 43.5 Å². The third-order valence-electron chi connectivity index (χ3n) is 4.63. The number of nitrogens with one attached hydrogen (secondary N) is 1. The number of rotatable bonds is 6. The summed E-state index contributed by atoms with van der Waals surface area (Å²) in [5.41, 5.74) is 2.52. The van der Waals surface area contributed by atoms with Crippen LogP contribution in [-0.2, 0) is 0 Å². The van der Waals surface area contributed by atoms with E-state index < -0.39 is 0 Å². The van der Waals surface area contributed by atoms with Gasteiger partial charge in [-0.15, -0.1) is 0 Å². The molecule has 3 rings (SSSR count). The number of hydrogen-bond acceptors (Lipinski definition) is 4. The lowest BCUT2D eigenvalue weighted by molar-refractivity contribution is 0.102. The van der Waals surface area contributed by atoms with Gasteiger partial charge in [-0.1, -0.05) is 0 Å². The largest absolute Gasteiger partial charge is 0.493 e. The van der Waals surface area contributed by atoms with Crippen molar-refractivity contribution in [3.8, 4) is 11.5 Å². The number of ether oxygens (including phenoxy) is 2. The van der Waals surface area contributed by atoms with E-state index in [1.54, 1.807) is 25.3 Å². The van der Waals surface area contributed by atoms with E-state index in [4.69, 9.17) is 9.47 Å². The van der Waals surface area contributed by atoms with E-state index in [2.05, 4.69) is 22.3 Å². The first-order valence-corrected chi connectivity index (χ1v) is 9.58. The van der Waals surface area contributed by atoms with Crippen molar-refractivity contribution in [3.05, 3.63) is 48.0 Å². The van der Waals surface area contributed by atoms with Crippen molar-refractivity contribution in [2.24, 2.45) is 0 Å². The lowest BCUT2D eigenvalue weighted by Gasteiger charge is -2.28. The summed E-state index contributed by atoms with van der Waals surface area (Å²) in [7, 11) is 1.57. The molecule has 0 aliphatic carbocycles. The molecule has 5 nitrogen and oxygen atoms in total. The van der Waals surface area contributed by atoms with E-state index in [9.17, 15) is 4.79 Å². The highest BCUT2D eigenvalue weighted by atomic mass is 16.5. The number of carbonyl (C=O) groups excluding carboxylic acids is 1. The maximum atomic E-state index is 12.6. The average molecular weight is 368 g/mol. The third-order valence-corrected chi connectivity index (χ3v) is 4.63. The first-order valence-electron chi connectivity index (χ1n) is 9.58. The minimum absolute atomic E-state index is 0.0389. The highest BCUT2D eigenvalue weighted by Gasteiger charge is 2.14. The van der Waals surface area contributed by atoms with Gasteiger partial charge in [0.25, 0.3) is 5.91 Å². The fraction of sp³-hybridized carbons (Fsp3) is 0.409. The smallest absolute Gasteiger partial charge is 0.255 e. The van der Waals surface area contributed by atoms with Crippen LogP contribution in [0.2, 0.25) is 0 Å². The van der Waals surface area contributed by atoms with Crippen LogP contribution in [0.3, 0.4) is 0 Å². The summed E-state index contributed by atoms with van der Waals surface area (Å²) < 4.78 is 11.1. The second-order valence-corrected chi connectivity index (χ2v) is 7.08. The van der Waals surface area contributed by atoms with Crippen LogP contribution in [0, 0.1) is 0 Å². The molecular weight excluding hydrogens is 340 g/mol. The number of piperidine rings is 1. The van der Waals surface area contributed by atoms with E-state index in [1.807, 2.05) is 26.0 Å². The molecule has 27 heavy (non-hydrogen) atoms. The van der Waals surface area contributed by atoms with Crippen molar-refractivity contribution in [3.63, 3.8) is 0 Å². The van der Waals surface area contributed by atoms with Crippen molar-refractivity contribution >= 4 is 17.3 Å². The standard InChI is InChI=1S/C22H28N2O3/c1-16(2)27-20-12-7-17(15-21(20)26-3)22(25)23-18-8-10-19(11-9-18)24-13-5-4-6-14-24/h7-12,15-16H,4-6,13-14H2,1-3H3,(H,23,25). The summed E-state index contributed by atoms with van der Waals surface area (Å²) in [5.74, 6) is 1.02. The van der Waals surface area contributed by atoms with Gasteiger partial charge in [0.2, 0.25) is 0 Å². The first kappa shape index (κ1) is 19.1. The Labute approximate surface area is 161 Å². The Bertz CT molecular complexity index is 766. The fourth-order valence-electron chi connectivity index (χ4n) is 3.27. The zero-order valence-corrected chi connectivity index (χ0v) is 16.3. The zero-order valence-electron chi connectivity index (χ0n) is 16.3. The molecule has 2 aromatic carbocycles. The number of hydrogen-bond donors (Lipinski definition) is 1. The molecule has 0 radical (unpaired) electrons. The molecule has 1 saturated heterocycles. The van der Waals surface area contributed by atoms with Crippen molar-refractivity contribution in [2.75, 3.05) is 30.4 Å². The second-order valence-electron chi connectivity index (χ2n) is 7.08. The Morgan fingerprint density at radius 3 is 2.33 bits per heavy atom. The minimum Gasteiger partial charge on any atom is -0.493 e.